The molecule has 3 aromatic carbocycles. The van der Waals surface area contributed by atoms with Gasteiger partial charge in [-0.05, 0) is 104 Å². The number of fused-ring (bicyclic) bond motifs is 3. The lowest BCUT2D eigenvalue weighted by molar-refractivity contribution is -0.384. The number of nitro benzene ring substituents is 1. The van der Waals surface area contributed by atoms with E-state index in [4.69, 9.17) is 43.2 Å². The highest BCUT2D eigenvalue weighted by molar-refractivity contribution is 6.03. The van der Waals surface area contributed by atoms with E-state index in [1.54, 1.807) is 23.1 Å². The van der Waals surface area contributed by atoms with Crippen LogP contribution in [0.15, 0.2) is 103 Å². The van der Waals surface area contributed by atoms with Gasteiger partial charge in [-0.2, -0.15) is 0 Å². The first kappa shape index (κ1) is 46.6. The summed E-state index contributed by atoms with van der Waals surface area (Å²) in [6.45, 7) is 8.93. The number of allylic oxidation sites excluding steroid dienone is 1. The van der Waals surface area contributed by atoms with Gasteiger partial charge in [0, 0.05) is 56.2 Å². The lowest BCUT2D eigenvalue weighted by atomic mass is 9.55. The fraction of sp³-hybridized carbons (Fsp3) is 0.480. The monoisotopic (exact) mass is 909 g/mol. The molecule has 1 saturated heterocycles. The van der Waals surface area contributed by atoms with Gasteiger partial charge in [-0.1, -0.05) is 48.9 Å². The van der Waals surface area contributed by atoms with E-state index >= 15 is 4.79 Å². The van der Waals surface area contributed by atoms with Crippen LogP contribution in [0.2, 0.25) is 0 Å². The van der Waals surface area contributed by atoms with Crippen molar-refractivity contribution in [1.29, 1.82) is 0 Å². The smallest absolute Gasteiger partial charge is 0.416 e. The van der Waals surface area contributed by atoms with Crippen molar-refractivity contribution in [3.05, 3.63) is 119 Å². The number of hydrogen-bond acceptors (Lipinski definition) is 14. The van der Waals surface area contributed by atoms with E-state index in [1.807, 2.05) is 30.3 Å². The zero-order chi connectivity index (χ0) is 46.0. The van der Waals surface area contributed by atoms with Crippen LogP contribution < -0.4 is 23.7 Å². The van der Waals surface area contributed by atoms with Gasteiger partial charge in [-0.3, -0.25) is 15.0 Å². The van der Waals surface area contributed by atoms with Gasteiger partial charge in [0.25, 0.3) is 5.69 Å². The Hall–Kier alpha value is -5.94. The normalized spacial score (nSPS) is 25.4. The van der Waals surface area contributed by atoms with Crippen molar-refractivity contribution >= 4 is 17.5 Å². The van der Waals surface area contributed by atoms with Crippen molar-refractivity contribution in [2.75, 3.05) is 39.8 Å². The van der Waals surface area contributed by atoms with Crippen molar-refractivity contribution in [2.45, 2.75) is 94.8 Å². The second-order valence-corrected chi connectivity index (χ2v) is 17.2. The van der Waals surface area contributed by atoms with E-state index in [-0.39, 0.29) is 68.8 Å². The average molecular weight is 910 g/mol. The molecule has 3 aliphatic heterocycles. The van der Waals surface area contributed by atoms with Crippen LogP contribution in [0.3, 0.4) is 0 Å². The molecular weight excluding hydrogens is 851 g/mol. The second kappa shape index (κ2) is 21.6. The zero-order valence-electron chi connectivity index (χ0n) is 37.1. The van der Waals surface area contributed by atoms with Crippen molar-refractivity contribution in [2.24, 2.45) is 22.9 Å². The summed E-state index contributed by atoms with van der Waals surface area (Å²) in [5.41, 5.74) is 2.89. The maximum Gasteiger partial charge on any atom is 0.416 e. The van der Waals surface area contributed by atoms with Crippen LogP contribution in [0.5, 0.6) is 28.7 Å². The van der Waals surface area contributed by atoms with E-state index in [2.05, 4.69) is 19.2 Å². The minimum absolute atomic E-state index is 0.0109. The Balaban J connectivity index is 1.33. The number of non-ortho nitro benzene ring substituents is 1. The lowest BCUT2D eigenvalue weighted by Gasteiger charge is -2.59. The summed E-state index contributed by atoms with van der Waals surface area (Å²) in [6, 6.07) is 15.6. The second-order valence-electron chi connectivity index (χ2n) is 17.2. The molecular formula is C50H59N3O13. The summed E-state index contributed by atoms with van der Waals surface area (Å²) >= 11 is 0. The number of rotatable bonds is 21. The highest BCUT2D eigenvalue weighted by Gasteiger charge is 2.66. The molecule has 16 heteroatoms. The Bertz CT molecular complexity index is 2260. The Morgan fingerprint density at radius 1 is 0.924 bits per heavy atom. The van der Waals surface area contributed by atoms with Crippen molar-refractivity contribution in [1.82, 2.24) is 4.90 Å². The van der Waals surface area contributed by atoms with E-state index in [9.17, 15) is 20.3 Å². The number of aliphatic hydroxyl groups excluding tert-OH is 2. The summed E-state index contributed by atoms with van der Waals surface area (Å²) in [4.78, 5) is 34.0. The van der Waals surface area contributed by atoms with Crippen LogP contribution in [0.25, 0.3) is 0 Å². The minimum Gasteiger partial charge on any atom is -0.490 e. The standard InChI is InChI=1S/C50H59N3O13/c1-3-24-59-37-19-21-42-40(29-37)47-38(12-6-9-23-55)34(11-5-8-22-54)28-39-41(51-66-46-13-7-10-26-60-46)30-45(50(65-42,48(39)47)63-25-4-2)52(31-33-14-20-43-44(27-33)62-32-61-43)49(56)64-36-17-15-35(16-18-36)53(57)58/h3-4,14-21,27-29,34,38,45-48,54-55H,1-2,5-13,22-26,30-32H2/t34-,38+,45-,46?,47+,48+,50+/m0/s1. The number of hydrogen-bond donors (Lipinski definition) is 2. The highest BCUT2D eigenvalue weighted by atomic mass is 16.8. The summed E-state index contributed by atoms with van der Waals surface area (Å²) in [5, 5.41) is 36.4. The molecule has 0 spiro atoms. The molecule has 7 atom stereocenters. The maximum absolute atomic E-state index is 15.2. The Morgan fingerprint density at radius 2 is 1.68 bits per heavy atom. The van der Waals surface area contributed by atoms with Crippen molar-refractivity contribution in [3.63, 3.8) is 0 Å². The van der Waals surface area contributed by atoms with Crippen LogP contribution in [0, 0.1) is 27.9 Å². The van der Waals surface area contributed by atoms with E-state index in [0.29, 0.717) is 66.7 Å². The molecule has 3 heterocycles. The van der Waals surface area contributed by atoms with Gasteiger partial charge in [-0.25, -0.2) is 4.79 Å². The third kappa shape index (κ3) is 10.1. The average Bonchev–Trinajstić information content (AvgIpc) is 3.81. The largest absolute Gasteiger partial charge is 0.490 e. The van der Waals surface area contributed by atoms with Crippen LogP contribution in [-0.4, -0.2) is 89.8 Å². The first-order chi connectivity index (χ1) is 32.3. The van der Waals surface area contributed by atoms with E-state index in [1.165, 1.54) is 24.3 Å². The number of unbranched alkanes of at least 4 members (excludes halogenated alkanes) is 2. The van der Waals surface area contributed by atoms with Crippen LogP contribution >= 0.6 is 0 Å². The maximum atomic E-state index is 15.2. The Morgan fingerprint density at radius 3 is 2.42 bits per heavy atom. The zero-order valence-corrected chi connectivity index (χ0v) is 37.1. The topological polar surface area (TPSA) is 190 Å². The van der Waals surface area contributed by atoms with Crippen molar-refractivity contribution in [3.8, 4) is 28.7 Å². The Labute approximate surface area is 384 Å². The van der Waals surface area contributed by atoms with Crippen molar-refractivity contribution < 1.29 is 57.9 Å². The molecule has 2 fully saturated rings. The first-order valence-corrected chi connectivity index (χ1v) is 23.0. The molecule has 16 nitrogen and oxygen atoms in total. The summed E-state index contributed by atoms with van der Waals surface area (Å²) in [7, 11) is 0. The number of carbonyl (C=O) groups excluding carboxylic acids is 1. The highest BCUT2D eigenvalue weighted by Crippen LogP contribution is 2.62. The quantitative estimate of drug-likeness (QED) is 0.0447. The third-order valence-electron chi connectivity index (χ3n) is 13.1. The van der Waals surface area contributed by atoms with Crippen LogP contribution in [-0.2, 0) is 20.9 Å². The van der Waals surface area contributed by atoms with E-state index < -0.39 is 35.1 Å². The van der Waals surface area contributed by atoms with Gasteiger partial charge >= 0.3 is 6.09 Å². The minimum atomic E-state index is -1.60. The van der Waals surface area contributed by atoms with Gasteiger partial charge in [0.2, 0.25) is 18.9 Å². The molecule has 0 bridgehead atoms. The lowest BCUT2D eigenvalue weighted by Crippen LogP contribution is -2.70. The molecule has 1 amide bonds. The number of nitrogens with zero attached hydrogens (tertiary/aromatic N) is 3. The SMILES string of the molecule is C=CCOc1ccc2c(c1)[C@H]1[C@H](CCCCO)[C@@H](CCCCO)C=C3C(=NOC4CCCCO4)C[C@H](N(Cc4ccc5c(c4)OCO5)C(=O)Oc4ccc([N+](=O)[O-])cc4)[C@@](OCC=C)(O2)[C@H]31. The Kier molecular flexibility index (Phi) is 15.2. The molecule has 352 valence electrons. The molecule has 8 rings (SSSR count). The van der Waals surface area contributed by atoms with Gasteiger partial charge in [0.05, 0.1) is 29.8 Å². The molecule has 3 aromatic rings. The molecule has 0 aromatic heterocycles. The number of benzene rings is 3. The van der Waals surface area contributed by atoms with Gasteiger partial charge in [0.1, 0.15) is 29.9 Å². The van der Waals surface area contributed by atoms with Crippen LogP contribution in [0.4, 0.5) is 10.5 Å². The molecule has 2 aliphatic carbocycles. The molecule has 0 radical (unpaired) electrons. The number of carbonyl (C=O) groups is 1. The number of aliphatic hydroxyl groups is 2. The number of nitro groups is 1. The predicted octanol–water partition coefficient (Wildman–Crippen LogP) is 8.75. The number of ether oxygens (including phenoxy) is 7. The molecule has 66 heavy (non-hydrogen) atoms. The molecule has 2 N–H and O–H groups in total. The summed E-state index contributed by atoms with van der Waals surface area (Å²) in [5.74, 6) is -0.145. The number of amides is 1. The number of oxime groups is 1. The third-order valence-corrected chi connectivity index (χ3v) is 13.1. The molecule has 5 aliphatic rings. The first-order valence-electron chi connectivity index (χ1n) is 23.0. The molecule has 1 saturated carbocycles. The van der Waals surface area contributed by atoms with E-state index in [0.717, 1.165) is 49.7 Å². The summed E-state index contributed by atoms with van der Waals surface area (Å²) in [6.07, 6.45) is 11.2. The molecule has 1 unspecified atom stereocenters. The predicted molar refractivity (Wildman–Crippen MR) is 243 cm³/mol. The van der Waals surface area contributed by atoms with Gasteiger partial charge in [-0.15, -0.1) is 6.58 Å². The van der Waals surface area contributed by atoms with Crippen LogP contribution in [0.1, 0.15) is 81.3 Å². The van der Waals surface area contributed by atoms with Gasteiger partial charge < -0.3 is 48.2 Å². The fourth-order valence-corrected chi connectivity index (χ4v) is 10.1. The fourth-order valence-electron chi connectivity index (χ4n) is 10.1. The summed E-state index contributed by atoms with van der Waals surface area (Å²) < 4.78 is 44.2. The van der Waals surface area contributed by atoms with Gasteiger partial charge in [0.15, 0.2) is 11.5 Å².